The molecule has 21 heavy (non-hydrogen) atoms. The number of likely N-dealkylation sites (N-methyl/N-ethyl adjacent to an activating group) is 1. The Balaban J connectivity index is 2.01. The molecule has 0 amide bonds. The second-order valence-electron chi connectivity index (χ2n) is 6.58. The van der Waals surface area contributed by atoms with Gasteiger partial charge in [0.05, 0.1) is 10.7 Å². The van der Waals surface area contributed by atoms with Crippen LogP contribution in [0.4, 0.5) is 0 Å². The molecule has 114 valence electrons. The molecule has 1 atom stereocenters. The molecule has 0 saturated heterocycles. The Hall–Kier alpha value is -1.19. The SMILES string of the molecule is CNCC(CCc1nc(C(C)(C)C)cs1)c1ccccc1. The van der Waals surface area contributed by atoms with Crippen molar-refractivity contribution in [1.29, 1.82) is 0 Å². The Morgan fingerprint density at radius 1 is 1.19 bits per heavy atom. The van der Waals surface area contributed by atoms with Gasteiger partial charge in [-0.3, -0.25) is 0 Å². The number of hydrogen-bond donors (Lipinski definition) is 1. The van der Waals surface area contributed by atoms with Gasteiger partial charge in [0.1, 0.15) is 0 Å². The van der Waals surface area contributed by atoms with Crippen molar-refractivity contribution in [1.82, 2.24) is 10.3 Å². The third-order valence-corrected chi connectivity index (χ3v) is 4.66. The van der Waals surface area contributed by atoms with E-state index in [0.717, 1.165) is 19.4 Å². The number of rotatable bonds is 6. The van der Waals surface area contributed by atoms with Crippen LogP contribution in [-0.2, 0) is 11.8 Å². The van der Waals surface area contributed by atoms with E-state index in [0.29, 0.717) is 5.92 Å². The lowest BCUT2D eigenvalue weighted by atomic mass is 9.93. The van der Waals surface area contributed by atoms with Crippen molar-refractivity contribution in [3.63, 3.8) is 0 Å². The minimum Gasteiger partial charge on any atom is -0.319 e. The normalized spacial score (nSPS) is 13.3. The third-order valence-electron chi connectivity index (χ3n) is 3.75. The minimum absolute atomic E-state index is 0.151. The van der Waals surface area contributed by atoms with Crippen molar-refractivity contribution >= 4 is 11.3 Å². The van der Waals surface area contributed by atoms with E-state index in [9.17, 15) is 0 Å². The second kappa shape index (κ2) is 7.19. The summed E-state index contributed by atoms with van der Waals surface area (Å²) in [6.45, 7) is 7.68. The first-order valence-electron chi connectivity index (χ1n) is 7.65. The predicted molar refractivity (Wildman–Crippen MR) is 92.2 cm³/mol. The molecular weight excluding hydrogens is 276 g/mol. The Morgan fingerprint density at radius 2 is 1.90 bits per heavy atom. The van der Waals surface area contributed by atoms with E-state index < -0.39 is 0 Å². The minimum atomic E-state index is 0.151. The molecule has 0 radical (unpaired) electrons. The smallest absolute Gasteiger partial charge is 0.0928 e. The number of benzene rings is 1. The van der Waals surface area contributed by atoms with Gasteiger partial charge in [0.15, 0.2) is 0 Å². The maximum atomic E-state index is 4.81. The molecule has 0 aliphatic carbocycles. The fraction of sp³-hybridized carbons (Fsp3) is 0.500. The van der Waals surface area contributed by atoms with Crippen LogP contribution in [0.3, 0.4) is 0 Å². The fourth-order valence-electron chi connectivity index (χ4n) is 2.43. The number of hydrogen-bond acceptors (Lipinski definition) is 3. The number of aromatic nitrogens is 1. The van der Waals surface area contributed by atoms with E-state index >= 15 is 0 Å². The van der Waals surface area contributed by atoms with Gasteiger partial charge >= 0.3 is 0 Å². The zero-order valence-electron chi connectivity index (χ0n) is 13.5. The zero-order chi connectivity index (χ0) is 15.3. The highest BCUT2D eigenvalue weighted by molar-refractivity contribution is 7.09. The largest absolute Gasteiger partial charge is 0.319 e. The number of nitrogens with zero attached hydrogens (tertiary/aromatic N) is 1. The first-order valence-corrected chi connectivity index (χ1v) is 8.53. The third kappa shape index (κ3) is 4.65. The molecule has 1 unspecified atom stereocenters. The summed E-state index contributed by atoms with van der Waals surface area (Å²) >= 11 is 1.80. The number of nitrogens with one attached hydrogen (secondary N) is 1. The summed E-state index contributed by atoms with van der Waals surface area (Å²) in [4.78, 5) is 4.81. The van der Waals surface area contributed by atoms with Crippen molar-refractivity contribution in [3.8, 4) is 0 Å². The van der Waals surface area contributed by atoms with Crippen LogP contribution < -0.4 is 5.32 Å². The molecule has 2 rings (SSSR count). The van der Waals surface area contributed by atoms with Gasteiger partial charge in [-0.25, -0.2) is 4.98 Å². The van der Waals surface area contributed by atoms with Crippen LogP contribution in [0.1, 0.15) is 49.4 Å². The lowest BCUT2D eigenvalue weighted by Gasteiger charge is -2.16. The molecule has 0 saturated carbocycles. The molecule has 2 aromatic rings. The topological polar surface area (TPSA) is 24.9 Å². The molecule has 1 aromatic heterocycles. The lowest BCUT2D eigenvalue weighted by Crippen LogP contribution is -2.18. The predicted octanol–water partition coefficient (Wildman–Crippen LogP) is 4.38. The highest BCUT2D eigenvalue weighted by Gasteiger charge is 2.18. The molecule has 0 aliphatic rings. The van der Waals surface area contributed by atoms with Gasteiger partial charge in [-0.15, -0.1) is 11.3 Å². The van der Waals surface area contributed by atoms with Gasteiger partial charge in [-0.1, -0.05) is 51.1 Å². The van der Waals surface area contributed by atoms with Crippen LogP contribution >= 0.6 is 11.3 Å². The van der Waals surface area contributed by atoms with Gasteiger partial charge in [0, 0.05) is 17.3 Å². The van der Waals surface area contributed by atoms with Crippen LogP contribution in [0.5, 0.6) is 0 Å². The van der Waals surface area contributed by atoms with Crippen LogP contribution in [0.2, 0.25) is 0 Å². The molecule has 3 heteroatoms. The fourth-order valence-corrected chi connectivity index (χ4v) is 3.47. The van der Waals surface area contributed by atoms with E-state index in [1.165, 1.54) is 16.3 Å². The second-order valence-corrected chi connectivity index (χ2v) is 7.52. The van der Waals surface area contributed by atoms with Gasteiger partial charge in [-0.2, -0.15) is 0 Å². The highest BCUT2D eigenvalue weighted by atomic mass is 32.1. The van der Waals surface area contributed by atoms with E-state index in [1.54, 1.807) is 11.3 Å². The summed E-state index contributed by atoms with van der Waals surface area (Å²) in [5.74, 6) is 0.554. The molecule has 0 fully saturated rings. The molecule has 0 spiro atoms. The van der Waals surface area contributed by atoms with E-state index in [4.69, 9.17) is 4.98 Å². The Morgan fingerprint density at radius 3 is 2.48 bits per heavy atom. The van der Waals surface area contributed by atoms with Crippen molar-refractivity contribution in [2.24, 2.45) is 0 Å². The molecule has 0 aliphatic heterocycles. The van der Waals surface area contributed by atoms with Crippen LogP contribution in [0.25, 0.3) is 0 Å². The molecule has 1 heterocycles. The lowest BCUT2D eigenvalue weighted by molar-refractivity contribution is 0.562. The summed E-state index contributed by atoms with van der Waals surface area (Å²) in [5, 5.41) is 6.79. The molecular formula is C18H26N2S. The van der Waals surface area contributed by atoms with E-state index in [1.807, 2.05) is 7.05 Å². The van der Waals surface area contributed by atoms with Crippen molar-refractivity contribution in [2.75, 3.05) is 13.6 Å². The average Bonchev–Trinajstić information content (AvgIpc) is 2.93. The average molecular weight is 302 g/mol. The summed E-state index contributed by atoms with van der Waals surface area (Å²) < 4.78 is 0. The van der Waals surface area contributed by atoms with E-state index in [2.05, 4.69) is 61.8 Å². The quantitative estimate of drug-likeness (QED) is 0.856. The zero-order valence-corrected chi connectivity index (χ0v) is 14.3. The van der Waals surface area contributed by atoms with Crippen LogP contribution in [0.15, 0.2) is 35.7 Å². The van der Waals surface area contributed by atoms with Crippen molar-refractivity contribution in [3.05, 3.63) is 52.0 Å². The highest BCUT2D eigenvalue weighted by Crippen LogP contribution is 2.26. The molecule has 0 bridgehead atoms. The Kier molecular flexibility index (Phi) is 5.54. The number of thiazole rings is 1. The summed E-state index contributed by atoms with van der Waals surface area (Å²) in [6.07, 6.45) is 2.20. The van der Waals surface area contributed by atoms with Crippen molar-refractivity contribution in [2.45, 2.75) is 44.9 Å². The van der Waals surface area contributed by atoms with Gasteiger partial charge in [0.25, 0.3) is 0 Å². The first-order chi connectivity index (χ1) is 10.0. The molecule has 1 aromatic carbocycles. The maximum absolute atomic E-state index is 4.81. The maximum Gasteiger partial charge on any atom is 0.0928 e. The summed E-state index contributed by atoms with van der Waals surface area (Å²) in [6, 6.07) is 10.8. The van der Waals surface area contributed by atoms with Gasteiger partial charge < -0.3 is 5.32 Å². The van der Waals surface area contributed by atoms with Crippen LogP contribution in [-0.4, -0.2) is 18.6 Å². The first kappa shape index (κ1) is 16.2. The Bertz CT molecular complexity index is 540. The van der Waals surface area contributed by atoms with Gasteiger partial charge in [0.2, 0.25) is 0 Å². The van der Waals surface area contributed by atoms with Gasteiger partial charge in [-0.05, 0) is 31.4 Å². The monoisotopic (exact) mass is 302 g/mol. The molecule has 1 N–H and O–H groups in total. The standard InChI is InChI=1S/C18H26N2S/c1-18(2,3)16-13-21-17(20-16)11-10-15(12-19-4)14-8-6-5-7-9-14/h5-9,13,15,19H,10-12H2,1-4H3. The molecule has 2 nitrogen and oxygen atoms in total. The number of aryl methyl sites for hydroxylation is 1. The van der Waals surface area contributed by atoms with E-state index in [-0.39, 0.29) is 5.41 Å². The summed E-state index contributed by atoms with van der Waals surface area (Å²) in [5.41, 5.74) is 2.78. The van der Waals surface area contributed by atoms with Crippen molar-refractivity contribution < 1.29 is 0 Å². The Labute approximate surface area is 132 Å². The van der Waals surface area contributed by atoms with Crippen LogP contribution in [0, 0.1) is 0 Å². The summed E-state index contributed by atoms with van der Waals surface area (Å²) in [7, 11) is 2.02.